The fraction of sp³-hybridized carbons (Fsp3) is 0.871. The molecule has 2 fully saturated rings. The maximum Gasteiger partial charge on any atom is 0.256 e. The monoisotopic (exact) mass is 678 g/mol. The highest BCUT2D eigenvalue weighted by molar-refractivity contribution is 7.85. The second-order valence-electron chi connectivity index (χ2n) is 12.7. The molecule has 1 aromatic rings. The van der Waals surface area contributed by atoms with E-state index in [2.05, 4.69) is 38.0 Å². The van der Waals surface area contributed by atoms with Gasteiger partial charge >= 0.3 is 0 Å². The van der Waals surface area contributed by atoms with E-state index in [1.54, 1.807) is 13.8 Å². The van der Waals surface area contributed by atoms with Gasteiger partial charge in [0.2, 0.25) is 0 Å². The normalized spacial score (nSPS) is 22.7. The molecule has 262 valence electrons. The maximum absolute atomic E-state index is 12.2. The number of quaternary nitrogens is 1. The molecule has 0 bridgehead atoms. The van der Waals surface area contributed by atoms with E-state index in [1.165, 1.54) is 92.8 Å². The molecule has 0 saturated carbocycles. The van der Waals surface area contributed by atoms with Gasteiger partial charge in [-0.1, -0.05) is 53.4 Å². The molecule has 0 amide bonds. The molecule has 14 heteroatoms. The van der Waals surface area contributed by atoms with E-state index in [9.17, 15) is 22.9 Å². The summed E-state index contributed by atoms with van der Waals surface area (Å²) in [6, 6.07) is 0. The number of unbranched alkanes of at least 4 members (excludes halogenated alkanes) is 4. The molecule has 2 saturated heterocycles. The van der Waals surface area contributed by atoms with Crippen LogP contribution in [0.15, 0.2) is 11.0 Å². The number of rotatable bonds is 19. The highest BCUT2D eigenvalue weighted by atomic mass is 32.2. The summed E-state index contributed by atoms with van der Waals surface area (Å²) < 4.78 is 52.5. The number of aliphatic hydroxyl groups excluding tert-OH is 1. The topological polar surface area (TPSA) is 155 Å². The predicted molar refractivity (Wildman–Crippen MR) is 176 cm³/mol. The smallest absolute Gasteiger partial charge is 0.256 e. The van der Waals surface area contributed by atoms with Crippen molar-refractivity contribution >= 4 is 22.3 Å². The molecule has 4 atom stereocenters. The van der Waals surface area contributed by atoms with Crippen molar-refractivity contribution in [3.63, 3.8) is 0 Å². The minimum Gasteiger partial charge on any atom is -0.748 e. The predicted octanol–water partition coefficient (Wildman–Crippen LogP) is 3.95. The van der Waals surface area contributed by atoms with E-state index in [0.717, 1.165) is 0 Å². The van der Waals surface area contributed by atoms with Crippen LogP contribution in [0.1, 0.15) is 105 Å². The largest absolute Gasteiger partial charge is 0.748 e. The summed E-state index contributed by atoms with van der Waals surface area (Å²) in [4.78, 5) is 14.7. The summed E-state index contributed by atoms with van der Waals surface area (Å²) in [6.07, 6.45) is 10.2. The average molecular weight is 679 g/mol. The molecule has 3 heterocycles. The zero-order chi connectivity index (χ0) is 33.7. The molecule has 0 aliphatic carbocycles. The van der Waals surface area contributed by atoms with E-state index in [0.29, 0.717) is 0 Å². The zero-order valence-electron chi connectivity index (χ0n) is 28.2. The molecule has 1 aromatic heterocycles. The van der Waals surface area contributed by atoms with Gasteiger partial charge in [-0.25, -0.2) is 8.42 Å². The van der Waals surface area contributed by atoms with Crippen LogP contribution in [0.4, 0.5) is 0 Å². The first-order valence-electron chi connectivity index (χ1n) is 16.7. The first kappa shape index (κ1) is 39.9. The number of hydrogen-bond donors (Lipinski definition) is 3. The van der Waals surface area contributed by atoms with Gasteiger partial charge in [0.05, 0.1) is 48.7 Å². The molecular weight excluding hydrogens is 620 g/mol. The van der Waals surface area contributed by atoms with Crippen LogP contribution in [-0.2, 0) is 30.9 Å². The molecular formula is C31H58N4O8S2. The summed E-state index contributed by atoms with van der Waals surface area (Å²) in [7, 11) is -4.34. The molecule has 12 nitrogen and oxygen atoms in total. The number of aliphatic hydroxyl groups is 1. The summed E-state index contributed by atoms with van der Waals surface area (Å²) in [5.41, 5.74) is -0.182. The van der Waals surface area contributed by atoms with Crippen molar-refractivity contribution in [2.24, 2.45) is 0 Å². The van der Waals surface area contributed by atoms with Crippen molar-refractivity contribution in [2.45, 2.75) is 130 Å². The maximum atomic E-state index is 12.2. The lowest BCUT2D eigenvalue weighted by atomic mass is 10.1. The van der Waals surface area contributed by atoms with Crippen LogP contribution in [0.3, 0.4) is 0 Å². The SMILES string of the molecule is CC1(C)O[C@@H]2[C@H](O1)[C@@H](CO)O[C@H]2n1cc(CNCCS(=O)(=O)[O-])c(=O)[nH]c1=S.CCCC[N+](CCCC)(CCCC)CCCC. The highest BCUT2D eigenvalue weighted by Gasteiger charge is 2.55. The number of nitrogens with one attached hydrogen (secondary N) is 2. The van der Waals surface area contributed by atoms with Crippen LogP contribution in [0.5, 0.6) is 0 Å². The second kappa shape index (κ2) is 18.9. The quantitative estimate of drug-likeness (QED) is 0.0848. The Morgan fingerprint density at radius 2 is 1.51 bits per heavy atom. The third-order valence-corrected chi connectivity index (χ3v) is 9.43. The van der Waals surface area contributed by atoms with Crippen molar-refractivity contribution in [1.82, 2.24) is 14.9 Å². The first-order valence-corrected chi connectivity index (χ1v) is 18.7. The molecule has 0 unspecified atom stereocenters. The summed E-state index contributed by atoms with van der Waals surface area (Å²) in [6.45, 7) is 18.2. The summed E-state index contributed by atoms with van der Waals surface area (Å²) in [5.74, 6) is -1.44. The number of fused-ring (bicyclic) bond motifs is 1. The standard InChI is InChI=1S/C16H36N.C15H23N3O8S2/c1-5-9-13-17(14-10-6-2,15-11-7-3)16-12-8-4;1-15(2)25-10-9(7-19)24-13(11(10)26-15)18-6-8(12(20)17-14(18)27)5-16-3-4-28(21,22)23/h5-16H2,1-4H3;6,9-11,13,16,19H,3-5,7H2,1-2H3,(H,17,20,27)(H,21,22,23)/q+1;/p-1/t;9-,10-,11-,13-/m.1/s1. The number of aromatic amines is 1. The molecule has 3 rings (SSSR count). The molecule has 0 aromatic carbocycles. The van der Waals surface area contributed by atoms with Crippen molar-refractivity contribution in [3.8, 4) is 0 Å². The first-order chi connectivity index (χ1) is 21.2. The van der Waals surface area contributed by atoms with Gasteiger partial charge < -0.3 is 33.7 Å². The number of H-pyrrole nitrogens is 1. The third kappa shape index (κ3) is 12.7. The van der Waals surface area contributed by atoms with Gasteiger partial charge in [0, 0.05) is 24.8 Å². The Labute approximate surface area is 275 Å². The summed E-state index contributed by atoms with van der Waals surface area (Å²) in [5, 5.41) is 12.3. The molecule has 3 N–H and O–H groups in total. The Hall–Kier alpha value is -1.23. The van der Waals surface area contributed by atoms with Crippen molar-refractivity contribution in [1.29, 1.82) is 0 Å². The van der Waals surface area contributed by atoms with Crippen molar-refractivity contribution in [3.05, 3.63) is 26.9 Å². The van der Waals surface area contributed by atoms with Crippen LogP contribution in [-0.4, -0.2) is 101 Å². The van der Waals surface area contributed by atoms with Gasteiger partial charge in [-0.05, 0) is 51.7 Å². The van der Waals surface area contributed by atoms with Gasteiger partial charge in [-0.3, -0.25) is 14.3 Å². The number of nitrogens with zero attached hydrogens (tertiary/aromatic N) is 2. The van der Waals surface area contributed by atoms with Crippen LogP contribution in [0.25, 0.3) is 0 Å². The van der Waals surface area contributed by atoms with Crippen molar-refractivity contribution < 1.29 is 36.8 Å². The Kier molecular flexibility index (Phi) is 16.8. The molecule has 0 spiro atoms. The average Bonchev–Trinajstić information content (AvgIpc) is 3.47. The number of aromatic nitrogens is 2. The minimum absolute atomic E-state index is 0.0214. The van der Waals surface area contributed by atoms with Gasteiger partial charge in [-0.2, -0.15) is 0 Å². The Morgan fingerprint density at radius 3 is 1.98 bits per heavy atom. The lowest BCUT2D eigenvalue weighted by Crippen LogP contribution is -2.50. The Balaban J connectivity index is 0.000000358. The molecule has 2 aliphatic rings. The lowest BCUT2D eigenvalue weighted by Gasteiger charge is -2.39. The van der Waals surface area contributed by atoms with Gasteiger partial charge in [-0.15, -0.1) is 0 Å². The number of ether oxygens (including phenoxy) is 3. The van der Waals surface area contributed by atoms with Crippen LogP contribution in [0.2, 0.25) is 0 Å². The Bertz CT molecular complexity index is 1200. The zero-order valence-corrected chi connectivity index (χ0v) is 29.8. The molecule has 0 radical (unpaired) electrons. The van der Waals surface area contributed by atoms with Gasteiger partial charge in [0.25, 0.3) is 5.56 Å². The van der Waals surface area contributed by atoms with Gasteiger partial charge in [0.1, 0.15) is 18.3 Å². The number of hydrogen-bond acceptors (Lipinski definition) is 10. The fourth-order valence-electron chi connectivity index (χ4n) is 5.94. The van der Waals surface area contributed by atoms with E-state index >= 15 is 0 Å². The lowest BCUT2D eigenvalue weighted by molar-refractivity contribution is -0.929. The van der Waals surface area contributed by atoms with Crippen LogP contribution in [0, 0.1) is 4.77 Å². The van der Waals surface area contributed by atoms with E-state index in [-0.39, 0.29) is 30.0 Å². The third-order valence-electron chi connectivity index (χ3n) is 8.41. The van der Waals surface area contributed by atoms with Crippen molar-refractivity contribution in [2.75, 3.05) is 45.1 Å². The van der Waals surface area contributed by atoms with Gasteiger partial charge in [0.15, 0.2) is 16.8 Å². The van der Waals surface area contributed by atoms with E-state index in [4.69, 9.17) is 26.4 Å². The molecule has 45 heavy (non-hydrogen) atoms. The highest BCUT2D eigenvalue weighted by Crippen LogP contribution is 2.42. The second-order valence-corrected chi connectivity index (χ2v) is 14.6. The van der Waals surface area contributed by atoms with E-state index in [1.807, 2.05) is 0 Å². The van der Waals surface area contributed by atoms with Crippen LogP contribution >= 0.6 is 12.2 Å². The minimum atomic E-state index is -4.34. The fourth-order valence-corrected chi connectivity index (χ4v) is 6.58. The van der Waals surface area contributed by atoms with Crippen LogP contribution < -0.4 is 10.9 Å². The van der Waals surface area contributed by atoms with E-state index < -0.39 is 51.8 Å². The molecule has 2 aliphatic heterocycles. The summed E-state index contributed by atoms with van der Waals surface area (Å²) >= 11 is 5.24. The Morgan fingerprint density at radius 1 is 1.00 bits per heavy atom.